The van der Waals surface area contributed by atoms with E-state index in [1.807, 2.05) is 54.6 Å². The Hall–Kier alpha value is -2.93. The molecule has 2 aromatic carbocycles. The van der Waals surface area contributed by atoms with Crippen molar-refractivity contribution in [3.63, 3.8) is 0 Å². The lowest BCUT2D eigenvalue weighted by Gasteiger charge is -2.07. The number of nitrogens with one attached hydrogen (secondary N) is 2. The van der Waals surface area contributed by atoms with Crippen LogP contribution in [0.4, 0.5) is 5.69 Å². The molecule has 126 valence electrons. The first-order valence-electron chi connectivity index (χ1n) is 7.51. The number of rotatable bonds is 6. The van der Waals surface area contributed by atoms with E-state index >= 15 is 0 Å². The summed E-state index contributed by atoms with van der Waals surface area (Å²) in [5.41, 5.74) is 4.91. The van der Waals surface area contributed by atoms with Gasteiger partial charge in [0.25, 0.3) is 5.56 Å². The molecule has 0 unspecified atom stereocenters. The van der Waals surface area contributed by atoms with E-state index in [1.54, 1.807) is 6.21 Å². The van der Waals surface area contributed by atoms with Gasteiger partial charge in [-0.3, -0.25) is 10.2 Å². The van der Waals surface area contributed by atoms with Crippen LogP contribution in [-0.4, -0.2) is 16.4 Å². The van der Waals surface area contributed by atoms with Crippen LogP contribution in [0.5, 0.6) is 5.75 Å². The molecule has 0 aliphatic heterocycles. The Labute approximate surface area is 152 Å². The van der Waals surface area contributed by atoms with Gasteiger partial charge in [-0.2, -0.15) is 10.2 Å². The molecule has 0 amide bonds. The first-order valence-corrected chi connectivity index (χ1v) is 8.31. The van der Waals surface area contributed by atoms with Gasteiger partial charge in [0.15, 0.2) is 0 Å². The van der Waals surface area contributed by atoms with Crippen LogP contribution in [0.2, 0.25) is 0 Å². The Balaban J connectivity index is 1.63. The maximum Gasteiger partial charge on any atom is 0.280 e. The van der Waals surface area contributed by atoms with Crippen LogP contribution in [0.1, 0.15) is 11.1 Å². The summed E-state index contributed by atoms with van der Waals surface area (Å²) in [7, 11) is 0. The number of anilines is 1. The maximum atomic E-state index is 11.4. The minimum atomic E-state index is -0.323. The summed E-state index contributed by atoms with van der Waals surface area (Å²) in [5.74, 6) is 0.756. The number of aromatic nitrogens is 2. The summed E-state index contributed by atoms with van der Waals surface area (Å²) in [6.07, 6.45) is 3.12. The first kappa shape index (κ1) is 16.9. The van der Waals surface area contributed by atoms with Crippen molar-refractivity contribution in [3.8, 4) is 5.75 Å². The average molecular weight is 399 g/mol. The number of ether oxygens (including phenoxy) is 1. The molecule has 2 N–H and O–H groups in total. The standard InChI is InChI=1S/C18H15BrN4O2/c19-17-16(11-21-23-18(17)24)22-20-10-14-7-4-8-15(9-14)25-12-13-5-2-1-3-6-13/h1-11H,12H2,(H2,22,23,24). The lowest BCUT2D eigenvalue weighted by Crippen LogP contribution is -2.10. The van der Waals surface area contributed by atoms with E-state index in [1.165, 1.54) is 6.20 Å². The predicted molar refractivity (Wildman–Crippen MR) is 101 cm³/mol. The van der Waals surface area contributed by atoms with Crippen molar-refractivity contribution in [2.45, 2.75) is 6.61 Å². The van der Waals surface area contributed by atoms with Crippen molar-refractivity contribution in [1.29, 1.82) is 0 Å². The van der Waals surface area contributed by atoms with E-state index in [9.17, 15) is 4.79 Å². The number of hydrogen-bond acceptors (Lipinski definition) is 5. The molecule has 3 rings (SSSR count). The normalized spacial score (nSPS) is 10.8. The minimum absolute atomic E-state index is 0.323. The van der Waals surface area contributed by atoms with Gasteiger partial charge in [0.05, 0.1) is 18.1 Å². The van der Waals surface area contributed by atoms with Crippen LogP contribution in [0, 0.1) is 0 Å². The topological polar surface area (TPSA) is 79.4 Å². The highest BCUT2D eigenvalue weighted by Gasteiger charge is 2.02. The zero-order valence-electron chi connectivity index (χ0n) is 13.1. The molecule has 1 heterocycles. The second kappa shape index (κ2) is 8.25. The van der Waals surface area contributed by atoms with Crippen LogP contribution >= 0.6 is 15.9 Å². The third-order valence-electron chi connectivity index (χ3n) is 3.30. The number of halogens is 1. The summed E-state index contributed by atoms with van der Waals surface area (Å²) in [4.78, 5) is 11.4. The van der Waals surface area contributed by atoms with Crippen molar-refractivity contribution < 1.29 is 4.74 Å². The minimum Gasteiger partial charge on any atom is -0.489 e. The number of benzene rings is 2. The largest absolute Gasteiger partial charge is 0.489 e. The van der Waals surface area contributed by atoms with Crippen molar-refractivity contribution in [2.24, 2.45) is 5.10 Å². The lowest BCUT2D eigenvalue weighted by molar-refractivity contribution is 0.306. The van der Waals surface area contributed by atoms with Crippen LogP contribution in [0.25, 0.3) is 0 Å². The van der Waals surface area contributed by atoms with Gasteiger partial charge in [0, 0.05) is 0 Å². The predicted octanol–water partition coefficient (Wildman–Crippen LogP) is 3.56. The number of hydrogen-bond donors (Lipinski definition) is 2. The Kier molecular flexibility index (Phi) is 5.58. The van der Waals surface area contributed by atoms with Gasteiger partial charge in [0.2, 0.25) is 0 Å². The van der Waals surface area contributed by atoms with Crippen molar-refractivity contribution in [3.05, 3.63) is 86.7 Å². The van der Waals surface area contributed by atoms with Crippen molar-refractivity contribution in [1.82, 2.24) is 10.2 Å². The summed E-state index contributed by atoms with van der Waals surface area (Å²) >= 11 is 3.18. The molecule has 3 aromatic rings. The lowest BCUT2D eigenvalue weighted by atomic mass is 10.2. The third kappa shape index (κ3) is 4.77. The summed E-state index contributed by atoms with van der Waals surface area (Å²) in [5, 5.41) is 10.2. The second-order valence-corrected chi connectivity index (χ2v) is 5.94. The molecule has 25 heavy (non-hydrogen) atoms. The highest BCUT2D eigenvalue weighted by Crippen LogP contribution is 2.16. The van der Waals surface area contributed by atoms with E-state index in [0.717, 1.165) is 16.9 Å². The summed E-state index contributed by atoms with van der Waals surface area (Å²) < 4.78 is 6.13. The number of H-pyrrole nitrogens is 1. The molecule has 0 aliphatic carbocycles. The molecule has 0 aliphatic rings. The summed E-state index contributed by atoms with van der Waals surface area (Å²) in [6, 6.07) is 17.6. The molecule has 0 saturated heterocycles. The Morgan fingerprint density at radius 2 is 2.04 bits per heavy atom. The molecule has 0 spiro atoms. The molecular formula is C18H15BrN4O2. The molecule has 0 atom stereocenters. The van der Waals surface area contributed by atoms with E-state index < -0.39 is 0 Å². The molecule has 0 bridgehead atoms. The fourth-order valence-corrected chi connectivity index (χ4v) is 2.34. The fraction of sp³-hybridized carbons (Fsp3) is 0.0556. The SMILES string of the molecule is O=c1[nH]ncc(NN=Cc2cccc(OCc3ccccc3)c2)c1Br. The van der Waals surface area contributed by atoms with E-state index in [-0.39, 0.29) is 5.56 Å². The second-order valence-electron chi connectivity index (χ2n) is 5.14. The van der Waals surface area contributed by atoms with Gasteiger partial charge in [-0.05, 0) is 39.2 Å². The number of hydrazone groups is 1. The Bertz CT molecular complexity index is 926. The van der Waals surface area contributed by atoms with Gasteiger partial charge < -0.3 is 4.74 Å². The number of aromatic amines is 1. The Morgan fingerprint density at radius 3 is 2.88 bits per heavy atom. The van der Waals surface area contributed by atoms with Crippen LogP contribution in [-0.2, 0) is 6.61 Å². The molecular weight excluding hydrogens is 384 g/mol. The van der Waals surface area contributed by atoms with Crippen LogP contribution in [0.3, 0.4) is 0 Å². The maximum absolute atomic E-state index is 11.4. The van der Waals surface area contributed by atoms with E-state index in [4.69, 9.17) is 4.74 Å². The smallest absolute Gasteiger partial charge is 0.280 e. The van der Waals surface area contributed by atoms with Gasteiger partial charge in [-0.1, -0.05) is 42.5 Å². The van der Waals surface area contributed by atoms with Gasteiger partial charge in [-0.25, -0.2) is 5.10 Å². The van der Waals surface area contributed by atoms with Crippen molar-refractivity contribution >= 4 is 27.8 Å². The van der Waals surface area contributed by atoms with Crippen LogP contribution < -0.4 is 15.7 Å². The molecule has 0 radical (unpaired) electrons. The number of nitrogens with zero attached hydrogens (tertiary/aromatic N) is 2. The third-order valence-corrected chi connectivity index (χ3v) is 4.09. The fourth-order valence-electron chi connectivity index (χ4n) is 2.06. The average Bonchev–Trinajstić information content (AvgIpc) is 2.65. The molecule has 1 aromatic heterocycles. The molecule has 0 fully saturated rings. The van der Waals surface area contributed by atoms with E-state index in [0.29, 0.717) is 16.8 Å². The van der Waals surface area contributed by atoms with Gasteiger partial charge >= 0.3 is 0 Å². The highest BCUT2D eigenvalue weighted by atomic mass is 79.9. The van der Waals surface area contributed by atoms with Crippen LogP contribution in [0.15, 0.2) is 75.2 Å². The van der Waals surface area contributed by atoms with Crippen molar-refractivity contribution in [2.75, 3.05) is 5.43 Å². The zero-order valence-corrected chi connectivity index (χ0v) is 14.7. The monoisotopic (exact) mass is 398 g/mol. The summed E-state index contributed by atoms with van der Waals surface area (Å²) in [6.45, 7) is 0.505. The first-order chi connectivity index (χ1) is 12.2. The Morgan fingerprint density at radius 1 is 1.20 bits per heavy atom. The zero-order chi connectivity index (χ0) is 17.5. The van der Waals surface area contributed by atoms with Gasteiger partial charge in [0.1, 0.15) is 16.8 Å². The van der Waals surface area contributed by atoms with E-state index in [2.05, 4.69) is 36.7 Å². The molecule has 7 heteroatoms. The molecule has 0 saturated carbocycles. The molecule has 6 nitrogen and oxygen atoms in total. The van der Waals surface area contributed by atoms with Gasteiger partial charge in [-0.15, -0.1) is 0 Å². The highest BCUT2D eigenvalue weighted by molar-refractivity contribution is 9.10. The quantitative estimate of drug-likeness (QED) is 0.491.